The number of hydrogen-bond acceptors (Lipinski definition) is 5. The minimum atomic E-state index is -0.925. The first-order valence-electron chi connectivity index (χ1n) is 12.7. The van der Waals surface area contributed by atoms with Gasteiger partial charge in [0.15, 0.2) is 0 Å². The molecule has 0 fully saturated rings. The van der Waals surface area contributed by atoms with Crippen LogP contribution in [0.15, 0.2) is 18.2 Å². The van der Waals surface area contributed by atoms with Gasteiger partial charge >= 0.3 is 6.09 Å². The fourth-order valence-corrected chi connectivity index (χ4v) is 3.98. The van der Waals surface area contributed by atoms with Crippen molar-refractivity contribution in [3.05, 3.63) is 34.9 Å². The van der Waals surface area contributed by atoms with E-state index in [9.17, 15) is 14.4 Å². The molecule has 0 saturated carbocycles. The van der Waals surface area contributed by atoms with Crippen LogP contribution in [-0.2, 0) is 14.3 Å². The molecule has 0 saturated heterocycles. The molecule has 8 heteroatoms. The molecule has 0 spiro atoms. The van der Waals surface area contributed by atoms with Gasteiger partial charge in [-0.25, -0.2) is 4.79 Å². The van der Waals surface area contributed by atoms with Gasteiger partial charge in [0.05, 0.1) is 0 Å². The van der Waals surface area contributed by atoms with Gasteiger partial charge in [-0.05, 0) is 64.2 Å². The van der Waals surface area contributed by atoms with Gasteiger partial charge in [0.25, 0.3) is 0 Å². The molecule has 3 amide bonds. The van der Waals surface area contributed by atoms with Gasteiger partial charge in [-0.2, -0.15) is 12.6 Å². The normalized spacial score (nSPS) is 13.0. The molecule has 2 atom stereocenters. The van der Waals surface area contributed by atoms with Crippen LogP contribution in [0.25, 0.3) is 0 Å². The van der Waals surface area contributed by atoms with E-state index in [0.29, 0.717) is 13.1 Å². The van der Waals surface area contributed by atoms with Crippen LogP contribution in [0.5, 0.6) is 0 Å². The summed E-state index contributed by atoms with van der Waals surface area (Å²) in [6, 6.07) is 4.08. The summed E-state index contributed by atoms with van der Waals surface area (Å²) in [5.41, 5.74) is 2.11. The zero-order valence-electron chi connectivity index (χ0n) is 22.6. The van der Waals surface area contributed by atoms with Crippen LogP contribution < -0.4 is 10.6 Å². The number of hydrogen-bond donors (Lipinski definition) is 3. The van der Waals surface area contributed by atoms with E-state index >= 15 is 0 Å². The van der Waals surface area contributed by atoms with E-state index < -0.39 is 23.8 Å². The molecule has 7 nitrogen and oxygen atoms in total. The molecule has 0 aliphatic rings. The summed E-state index contributed by atoms with van der Waals surface area (Å²) in [5.74, 6) is -0.485. The van der Waals surface area contributed by atoms with Crippen molar-refractivity contribution in [3.8, 4) is 0 Å². The molecule has 2 unspecified atom stereocenters. The van der Waals surface area contributed by atoms with Gasteiger partial charge in [-0.3, -0.25) is 9.59 Å². The molecule has 0 bridgehead atoms. The van der Waals surface area contributed by atoms with Crippen molar-refractivity contribution in [2.24, 2.45) is 0 Å². The lowest BCUT2D eigenvalue weighted by Crippen LogP contribution is -2.54. The van der Waals surface area contributed by atoms with Crippen LogP contribution in [-0.4, -0.2) is 53.3 Å². The van der Waals surface area contributed by atoms with Crippen molar-refractivity contribution in [2.75, 3.05) is 18.8 Å². The van der Waals surface area contributed by atoms with Crippen LogP contribution in [0.4, 0.5) is 4.79 Å². The molecule has 0 aliphatic heterocycles. The number of carbonyl (C=O) groups is 3. The number of unbranched alkanes of at least 4 members (excludes halogenated alkanes) is 3. The standard InChI is InChI=1S/C27H45N3O4S/c1-8-10-12-16-28-24(31)23(21-15-13-14-19(3)20(21)4)30(17-11-9-2)25(32)22(18-35)29-26(33)34-27(5,6)7/h13-15,22-23,35H,8-12,16-18H2,1-7H3,(H,28,31)(H,29,33). The summed E-state index contributed by atoms with van der Waals surface area (Å²) < 4.78 is 5.35. The predicted octanol–water partition coefficient (Wildman–Crippen LogP) is 5.10. The molecular weight excluding hydrogens is 462 g/mol. The van der Waals surface area contributed by atoms with Gasteiger partial charge in [0, 0.05) is 18.8 Å². The van der Waals surface area contributed by atoms with E-state index in [-0.39, 0.29) is 17.6 Å². The number of benzene rings is 1. The summed E-state index contributed by atoms with van der Waals surface area (Å²) in [4.78, 5) is 41.4. The second-order valence-electron chi connectivity index (χ2n) is 9.96. The van der Waals surface area contributed by atoms with Crippen molar-refractivity contribution in [2.45, 2.75) is 98.3 Å². The summed E-state index contributed by atoms with van der Waals surface area (Å²) in [6.45, 7) is 14.3. The Labute approximate surface area is 217 Å². The first kappa shape index (κ1) is 30.8. The number of thiol groups is 1. The Bertz CT molecular complexity index is 838. The molecule has 0 radical (unpaired) electrons. The summed E-state index contributed by atoms with van der Waals surface area (Å²) >= 11 is 4.33. The number of alkyl carbamates (subject to hydrolysis) is 1. The number of amides is 3. The van der Waals surface area contributed by atoms with E-state index in [0.717, 1.165) is 48.8 Å². The van der Waals surface area contributed by atoms with Crippen molar-refractivity contribution in [3.63, 3.8) is 0 Å². The number of aryl methyl sites for hydroxylation is 1. The van der Waals surface area contributed by atoms with E-state index in [1.807, 2.05) is 39.0 Å². The first-order valence-corrected chi connectivity index (χ1v) is 13.3. The molecule has 198 valence electrons. The largest absolute Gasteiger partial charge is 0.444 e. The topological polar surface area (TPSA) is 87.7 Å². The van der Waals surface area contributed by atoms with Crippen LogP contribution in [0.3, 0.4) is 0 Å². The SMILES string of the molecule is CCCCCNC(=O)C(c1cccc(C)c1C)N(CCCC)C(=O)C(CS)NC(=O)OC(C)(C)C. The fourth-order valence-electron chi connectivity index (χ4n) is 3.73. The maximum absolute atomic E-state index is 13.8. The Kier molecular flexibility index (Phi) is 13.2. The van der Waals surface area contributed by atoms with Crippen LogP contribution in [0.1, 0.15) is 89.5 Å². The second kappa shape index (κ2) is 15.0. The molecule has 35 heavy (non-hydrogen) atoms. The lowest BCUT2D eigenvalue weighted by molar-refractivity contribution is -0.142. The quantitative estimate of drug-likeness (QED) is 0.256. The second-order valence-corrected chi connectivity index (χ2v) is 10.3. The lowest BCUT2D eigenvalue weighted by Gasteiger charge is -2.35. The average Bonchev–Trinajstić information content (AvgIpc) is 2.78. The summed E-state index contributed by atoms with van der Waals surface area (Å²) in [6.07, 6.45) is 3.84. The number of ether oxygens (including phenoxy) is 1. The highest BCUT2D eigenvalue weighted by molar-refractivity contribution is 7.80. The maximum Gasteiger partial charge on any atom is 0.408 e. The third kappa shape index (κ3) is 10.1. The monoisotopic (exact) mass is 507 g/mol. The van der Waals surface area contributed by atoms with Crippen LogP contribution >= 0.6 is 12.6 Å². The lowest BCUT2D eigenvalue weighted by atomic mass is 9.95. The molecule has 2 N–H and O–H groups in total. The van der Waals surface area contributed by atoms with Crippen molar-refractivity contribution in [1.29, 1.82) is 0 Å². The highest BCUT2D eigenvalue weighted by Crippen LogP contribution is 2.28. The zero-order valence-corrected chi connectivity index (χ0v) is 23.5. The zero-order chi connectivity index (χ0) is 26.6. The third-order valence-corrected chi connectivity index (χ3v) is 6.15. The van der Waals surface area contributed by atoms with E-state index in [1.165, 1.54) is 0 Å². The van der Waals surface area contributed by atoms with Gasteiger partial charge in [-0.15, -0.1) is 0 Å². The molecule has 1 aromatic rings. The molecule has 1 aromatic carbocycles. The van der Waals surface area contributed by atoms with Gasteiger partial charge in [0.2, 0.25) is 11.8 Å². The number of carbonyl (C=O) groups excluding carboxylic acids is 3. The van der Waals surface area contributed by atoms with Crippen molar-refractivity contribution < 1.29 is 19.1 Å². The Morgan fingerprint density at radius 1 is 1.06 bits per heavy atom. The van der Waals surface area contributed by atoms with Crippen molar-refractivity contribution in [1.82, 2.24) is 15.5 Å². The molecule has 0 heterocycles. The average molecular weight is 508 g/mol. The number of nitrogens with one attached hydrogen (secondary N) is 2. The van der Waals surface area contributed by atoms with Gasteiger partial charge in [0.1, 0.15) is 17.7 Å². The predicted molar refractivity (Wildman–Crippen MR) is 145 cm³/mol. The van der Waals surface area contributed by atoms with E-state index in [2.05, 4.69) is 30.2 Å². The van der Waals surface area contributed by atoms with Crippen LogP contribution in [0, 0.1) is 13.8 Å². The van der Waals surface area contributed by atoms with E-state index in [1.54, 1.807) is 25.7 Å². The number of nitrogens with zero attached hydrogens (tertiary/aromatic N) is 1. The molecular formula is C27H45N3O4S. The Morgan fingerprint density at radius 3 is 2.29 bits per heavy atom. The maximum atomic E-state index is 13.8. The summed E-state index contributed by atoms with van der Waals surface area (Å²) in [5, 5.41) is 5.69. The Hall–Kier alpha value is -2.22. The number of rotatable bonds is 13. The minimum absolute atomic E-state index is 0.0817. The van der Waals surface area contributed by atoms with E-state index in [4.69, 9.17) is 4.74 Å². The molecule has 1 rings (SSSR count). The highest BCUT2D eigenvalue weighted by Gasteiger charge is 2.36. The Balaban J connectivity index is 3.37. The Morgan fingerprint density at radius 2 is 1.71 bits per heavy atom. The molecule has 0 aromatic heterocycles. The summed E-state index contributed by atoms with van der Waals surface area (Å²) in [7, 11) is 0. The minimum Gasteiger partial charge on any atom is -0.444 e. The van der Waals surface area contributed by atoms with Gasteiger partial charge in [-0.1, -0.05) is 51.3 Å². The third-order valence-electron chi connectivity index (χ3n) is 5.79. The van der Waals surface area contributed by atoms with Crippen LogP contribution in [0.2, 0.25) is 0 Å². The smallest absolute Gasteiger partial charge is 0.408 e. The van der Waals surface area contributed by atoms with Gasteiger partial charge < -0.3 is 20.3 Å². The fraction of sp³-hybridized carbons (Fsp3) is 0.667. The molecule has 0 aliphatic carbocycles. The highest BCUT2D eigenvalue weighted by atomic mass is 32.1. The first-order chi connectivity index (χ1) is 16.5. The van der Waals surface area contributed by atoms with Crippen molar-refractivity contribution >= 4 is 30.5 Å².